The summed E-state index contributed by atoms with van der Waals surface area (Å²) in [5.74, 6) is -1.72. The summed E-state index contributed by atoms with van der Waals surface area (Å²) in [5, 5.41) is 0. The first-order chi connectivity index (χ1) is 33.9. The molecule has 0 N–H and O–H groups in total. The summed E-state index contributed by atoms with van der Waals surface area (Å²) in [4.78, 5) is 70.5. The number of aromatic nitrogens is 2. The standard InChI is InChI=1S/C56H101N3O11/c1-9-15-21-24-27-30-36-45(33-18-12-4)67-50(61)42-59-49(60)39-40-58(56(59)64)55-54(66-44-52(63)69-47(35-20-14-6)38-32-29-26-23-17-11-3)53(48(70-55)41-57(7)8)65-43-51(62)68-46(34-19-13-5)37-31-28-25-22-16-10-2/h39-40,45-48,53-55H,9-38,41-44H2,1-8H3/t45?,46?,47?,48-,53-,54-,55-/m1/s1. The Bertz CT molecular complexity index is 1630. The monoisotopic (exact) mass is 992 g/mol. The summed E-state index contributed by atoms with van der Waals surface area (Å²) in [6, 6.07) is 1.21. The van der Waals surface area contributed by atoms with Gasteiger partial charge in [0.25, 0.3) is 5.56 Å². The molecule has 7 atom stereocenters. The van der Waals surface area contributed by atoms with E-state index in [4.69, 9.17) is 28.4 Å². The smallest absolute Gasteiger partial charge is 0.333 e. The normalized spacial score (nSPS) is 18.2. The van der Waals surface area contributed by atoms with Crippen molar-refractivity contribution in [1.82, 2.24) is 14.0 Å². The maximum atomic E-state index is 14.4. The highest BCUT2D eigenvalue weighted by Gasteiger charge is 2.48. The number of ether oxygens (including phenoxy) is 6. The van der Waals surface area contributed by atoms with Crippen LogP contribution in [0.1, 0.15) is 240 Å². The Balaban J connectivity index is 2.43. The Morgan fingerprint density at radius 2 is 0.900 bits per heavy atom. The van der Waals surface area contributed by atoms with Crippen LogP contribution in [-0.2, 0) is 49.3 Å². The van der Waals surface area contributed by atoms with E-state index in [-0.39, 0.29) is 18.3 Å². The lowest BCUT2D eigenvalue weighted by molar-refractivity contribution is -0.168. The van der Waals surface area contributed by atoms with Gasteiger partial charge in [-0.25, -0.2) is 19.0 Å². The second kappa shape index (κ2) is 39.5. The topological polar surface area (TPSA) is 154 Å². The molecule has 14 nitrogen and oxygen atoms in total. The largest absolute Gasteiger partial charge is 0.461 e. The molecule has 1 aliphatic rings. The Morgan fingerprint density at radius 1 is 0.529 bits per heavy atom. The fourth-order valence-corrected chi connectivity index (χ4v) is 9.35. The van der Waals surface area contributed by atoms with Gasteiger partial charge in [-0.05, 0) is 71.9 Å². The molecule has 70 heavy (non-hydrogen) atoms. The number of esters is 3. The van der Waals surface area contributed by atoms with Crippen LogP contribution in [0, 0.1) is 0 Å². The zero-order valence-electron chi connectivity index (χ0n) is 45.6. The van der Waals surface area contributed by atoms with Gasteiger partial charge in [-0.3, -0.25) is 14.2 Å². The third-order valence-electron chi connectivity index (χ3n) is 13.4. The Hall–Kier alpha value is -3.07. The summed E-state index contributed by atoms with van der Waals surface area (Å²) in [6.07, 6.45) is 27.1. The molecule has 14 heteroatoms. The quantitative estimate of drug-likeness (QED) is 0.0347. The van der Waals surface area contributed by atoms with Crippen LogP contribution in [0.15, 0.2) is 21.9 Å². The van der Waals surface area contributed by atoms with Crippen LogP contribution in [0.3, 0.4) is 0 Å². The van der Waals surface area contributed by atoms with Gasteiger partial charge in [0.05, 0.1) is 0 Å². The molecular formula is C56H101N3O11. The molecule has 3 unspecified atom stereocenters. The molecule has 1 fully saturated rings. The minimum absolute atomic E-state index is 0.227. The third-order valence-corrected chi connectivity index (χ3v) is 13.4. The molecule has 0 amide bonds. The molecule has 1 aromatic rings. The molecule has 406 valence electrons. The van der Waals surface area contributed by atoms with Gasteiger partial charge in [-0.2, -0.15) is 0 Å². The average molecular weight is 992 g/mol. The van der Waals surface area contributed by atoms with E-state index in [0.717, 1.165) is 127 Å². The Labute approximate surface area is 424 Å². The third kappa shape index (κ3) is 26.6. The lowest BCUT2D eigenvalue weighted by Crippen LogP contribution is -2.46. The maximum Gasteiger partial charge on any atom is 0.333 e. The summed E-state index contributed by atoms with van der Waals surface area (Å²) in [5.41, 5.74) is -1.47. The number of carbonyl (C=O) groups excluding carboxylic acids is 3. The van der Waals surface area contributed by atoms with Crippen LogP contribution in [0.5, 0.6) is 0 Å². The van der Waals surface area contributed by atoms with Crippen molar-refractivity contribution in [1.29, 1.82) is 0 Å². The van der Waals surface area contributed by atoms with Crippen molar-refractivity contribution in [2.75, 3.05) is 33.9 Å². The van der Waals surface area contributed by atoms with E-state index in [1.165, 1.54) is 81.0 Å². The van der Waals surface area contributed by atoms with Crippen LogP contribution in [-0.4, -0.2) is 102 Å². The van der Waals surface area contributed by atoms with Gasteiger partial charge in [-0.15, -0.1) is 0 Å². The second-order valence-corrected chi connectivity index (χ2v) is 20.2. The first kappa shape index (κ1) is 63.0. The molecule has 2 heterocycles. The van der Waals surface area contributed by atoms with Crippen molar-refractivity contribution in [2.24, 2.45) is 0 Å². The van der Waals surface area contributed by atoms with E-state index in [0.29, 0.717) is 13.0 Å². The SMILES string of the molecule is CCCCCCCCC(CCCC)OC(=O)CO[C@@H]1[C@H](OCC(=O)OC(CCCC)CCCCCCCC)[C@@H](CN(C)C)O[C@H]1n1ccc(=O)n(CC(=O)OC(CCCC)CCCCCCCC)c1=O. The molecule has 1 saturated heterocycles. The van der Waals surface area contributed by atoms with Gasteiger partial charge in [0.15, 0.2) is 6.23 Å². The summed E-state index contributed by atoms with van der Waals surface area (Å²) < 4.78 is 39.5. The van der Waals surface area contributed by atoms with Gasteiger partial charge >= 0.3 is 23.6 Å². The van der Waals surface area contributed by atoms with E-state index in [2.05, 4.69) is 41.5 Å². The zero-order valence-corrected chi connectivity index (χ0v) is 45.6. The van der Waals surface area contributed by atoms with Crippen molar-refractivity contribution in [3.05, 3.63) is 33.1 Å². The number of hydrogen-bond donors (Lipinski definition) is 0. The van der Waals surface area contributed by atoms with E-state index >= 15 is 0 Å². The van der Waals surface area contributed by atoms with Gasteiger partial charge < -0.3 is 33.3 Å². The van der Waals surface area contributed by atoms with Crippen LogP contribution in [0.4, 0.5) is 0 Å². The maximum absolute atomic E-state index is 14.4. The van der Waals surface area contributed by atoms with Crippen molar-refractivity contribution in [3.63, 3.8) is 0 Å². The number of nitrogens with zero attached hydrogens (tertiary/aromatic N) is 3. The molecule has 0 spiro atoms. The van der Waals surface area contributed by atoms with Gasteiger partial charge in [-0.1, -0.05) is 176 Å². The number of hydrogen-bond acceptors (Lipinski definition) is 12. The summed E-state index contributed by atoms with van der Waals surface area (Å²) >= 11 is 0. The number of unbranched alkanes of at least 4 members (excludes halogenated alkanes) is 18. The highest BCUT2D eigenvalue weighted by molar-refractivity contribution is 5.71. The predicted octanol–water partition coefficient (Wildman–Crippen LogP) is 11.8. The van der Waals surface area contributed by atoms with Gasteiger partial charge in [0.1, 0.15) is 56.4 Å². The van der Waals surface area contributed by atoms with Crippen molar-refractivity contribution in [3.8, 4) is 0 Å². The van der Waals surface area contributed by atoms with Crippen LogP contribution in [0.25, 0.3) is 0 Å². The lowest BCUT2D eigenvalue weighted by Gasteiger charge is -2.26. The molecule has 0 bridgehead atoms. The minimum atomic E-state index is -1.21. The number of rotatable bonds is 44. The highest BCUT2D eigenvalue weighted by Crippen LogP contribution is 2.34. The molecule has 1 aliphatic heterocycles. The van der Waals surface area contributed by atoms with E-state index in [1.807, 2.05) is 19.0 Å². The van der Waals surface area contributed by atoms with E-state index in [1.54, 1.807) is 0 Å². The average Bonchev–Trinajstić information content (AvgIpc) is 3.66. The molecule has 2 rings (SSSR count). The predicted molar refractivity (Wildman–Crippen MR) is 279 cm³/mol. The van der Waals surface area contributed by atoms with Gasteiger partial charge in [0.2, 0.25) is 0 Å². The molecule has 0 aromatic carbocycles. The first-order valence-corrected chi connectivity index (χ1v) is 28.4. The lowest BCUT2D eigenvalue weighted by atomic mass is 10.0. The van der Waals surface area contributed by atoms with Crippen molar-refractivity contribution in [2.45, 2.75) is 284 Å². The number of likely N-dealkylation sites (N-methyl/N-ethyl adjacent to an activating group) is 1. The van der Waals surface area contributed by atoms with Crippen LogP contribution >= 0.6 is 0 Å². The highest BCUT2D eigenvalue weighted by atomic mass is 16.6. The summed E-state index contributed by atoms with van der Waals surface area (Å²) in [7, 11) is 3.74. The molecule has 0 radical (unpaired) electrons. The molecular weight excluding hydrogens is 891 g/mol. The fourth-order valence-electron chi connectivity index (χ4n) is 9.35. The van der Waals surface area contributed by atoms with Crippen LogP contribution < -0.4 is 11.2 Å². The zero-order chi connectivity index (χ0) is 51.4. The minimum Gasteiger partial charge on any atom is -0.461 e. The van der Waals surface area contributed by atoms with Gasteiger partial charge in [0, 0.05) is 18.8 Å². The molecule has 1 aromatic heterocycles. The Morgan fingerprint density at radius 3 is 1.31 bits per heavy atom. The Kier molecular flexibility index (Phi) is 35.5. The van der Waals surface area contributed by atoms with Crippen LogP contribution in [0.2, 0.25) is 0 Å². The molecule has 0 aliphatic carbocycles. The fraction of sp³-hybridized carbons (Fsp3) is 0.875. The second-order valence-electron chi connectivity index (χ2n) is 20.2. The van der Waals surface area contributed by atoms with E-state index < -0.39 is 73.5 Å². The number of carbonyl (C=O) groups is 3. The van der Waals surface area contributed by atoms with E-state index in [9.17, 15) is 24.0 Å². The first-order valence-electron chi connectivity index (χ1n) is 28.4. The van der Waals surface area contributed by atoms with Crippen molar-refractivity contribution >= 4 is 17.9 Å². The molecule has 0 saturated carbocycles. The summed E-state index contributed by atoms with van der Waals surface area (Å²) in [6.45, 7) is 11.8. The van der Waals surface area contributed by atoms with Crippen molar-refractivity contribution < 1.29 is 42.8 Å².